The van der Waals surface area contributed by atoms with Crippen molar-refractivity contribution >= 4 is 20.9 Å². The van der Waals surface area contributed by atoms with E-state index >= 15 is 0 Å². The van der Waals surface area contributed by atoms with Crippen molar-refractivity contribution in [2.75, 3.05) is 6.26 Å². The van der Waals surface area contributed by atoms with Crippen LogP contribution in [0.3, 0.4) is 0 Å². The first-order valence-electron chi connectivity index (χ1n) is 4.72. The van der Waals surface area contributed by atoms with E-state index < -0.39 is 20.9 Å². The topological polar surface area (TPSA) is 106 Å². The lowest BCUT2D eigenvalue weighted by Crippen LogP contribution is -2.19. The van der Waals surface area contributed by atoms with Crippen LogP contribution in [0.25, 0.3) is 0 Å². The summed E-state index contributed by atoms with van der Waals surface area (Å²) < 4.78 is 23.4. The van der Waals surface area contributed by atoms with Crippen LogP contribution >= 0.6 is 0 Å². The Bertz CT molecular complexity index is 570. The number of carbonyl (C=O) groups excluding carboxylic acids is 1. The highest BCUT2D eigenvalue weighted by Crippen LogP contribution is 2.14. The van der Waals surface area contributed by atoms with Crippen LogP contribution < -0.4 is 0 Å². The average molecular weight is 260 g/mol. The molecule has 0 aliphatic carbocycles. The van der Waals surface area contributed by atoms with Gasteiger partial charge in [0.05, 0.1) is 0 Å². The number of rotatable bonds is 3. The number of hydrogen-bond acceptors (Lipinski definition) is 5. The zero-order valence-corrected chi connectivity index (χ0v) is 10.4. The molecule has 0 atom stereocenters. The van der Waals surface area contributed by atoms with E-state index in [0.29, 0.717) is 0 Å². The van der Waals surface area contributed by atoms with Gasteiger partial charge < -0.3 is 5.11 Å². The van der Waals surface area contributed by atoms with E-state index in [1.165, 1.54) is 0 Å². The minimum absolute atomic E-state index is 0.236. The lowest BCUT2D eigenvalue weighted by molar-refractivity contribution is 0.0689. The second-order valence-electron chi connectivity index (χ2n) is 3.82. The summed E-state index contributed by atoms with van der Waals surface area (Å²) >= 11 is 0. The van der Waals surface area contributed by atoms with Crippen LogP contribution in [-0.2, 0) is 9.84 Å². The van der Waals surface area contributed by atoms with Crippen LogP contribution in [0.1, 0.15) is 40.9 Å². The summed E-state index contributed by atoms with van der Waals surface area (Å²) in [5.74, 6) is -1.31. The Labute approximate surface area is 98.0 Å². The molecule has 0 aliphatic rings. The van der Waals surface area contributed by atoms with Crippen LogP contribution in [0.4, 0.5) is 0 Å². The van der Waals surface area contributed by atoms with Gasteiger partial charge in [-0.25, -0.2) is 13.2 Å². The van der Waals surface area contributed by atoms with Crippen LogP contribution in [0.15, 0.2) is 6.07 Å². The van der Waals surface area contributed by atoms with E-state index in [0.717, 1.165) is 17.0 Å². The van der Waals surface area contributed by atoms with Gasteiger partial charge in [-0.15, -0.1) is 0 Å². The Morgan fingerprint density at radius 3 is 2.29 bits per heavy atom. The maximum Gasteiger partial charge on any atom is 0.356 e. The molecule has 0 aromatic carbocycles. The molecule has 17 heavy (non-hydrogen) atoms. The van der Waals surface area contributed by atoms with Gasteiger partial charge in [0.15, 0.2) is 5.69 Å². The van der Waals surface area contributed by atoms with E-state index in [4.69, 9.17) is 5.11 Å². The Morgan fingerprint density at radius 1 is 1.41 bits per heavy atom. The standard InChI is InChI=1S/C9H12N2O5S/c1-5(2)11-7(9(14)17(3,15)16)4-6(10-11)8(12)13/h4-5H,1-3H3,(H,12,13). The molecule has 1 N–H and O–H groups in total. The molecular formula is C9H12N2O5S. The molecule has 1 heterocycles. The third-order valence-corrected chi connectivity index (χ3v) is 2.87. The SMILES string of the molecule is CC(C)n1nc(C(=O)O)cc1C(=O)S(C)(=O)=O. The maximum atomic E-state index is 11.6. The van der Waals surface area contributed by atoms with Crippen LogP contribution in [0.2, 0.25) is 0 Å². The Kier molecular flexibility index (Phi) is 3.37. The summed E-state index contributed by atoms with van der Waals surface area (Å²) in [6.45, 7) is 3.33. The fraction of sp³-hybridized carbons (Fsp3) is 0.444. The number of carboxylic acid groups (broad SMARTS) is 1. The van der Waals surface area contributed by atoms with E-state index in [9.17, 15) is 18.0 Å². The van der Waals surface area contributed by atoms with Crippen molar-refractivity contribution in [3.05, 3.63) is 17.5 Å². The summed E-state index contributed by atoms with van der Waals surface area (Å²) in [4.78, 5) is 22.3. The van der Waals surface area contributed by atoms with Gasteiger partial charge in [-0.2, -0.15) is 5.10 Å². The van der Waals surface area contributed by atoms with Crippen LogP contribution in [0.5, 0.6) is 0 Å². The van der Waals surface area contributed by atoms with Crippen molar-refractivity contribution in [3.8, 4) is 0 Å². The third kappa shape index (κ3) is 2.70. The monoisotopic (exact) mass is 260 g/mol. The number of aromatic nitrogens is 2. The number of carboxylic acids is 1. The van der Waals surface area contributed by atoms with Crippen molar-refractivity contribution in [1.82, 2.24) is 9.78 Å². The predicted octanol–water partition coefficient (Wildman–Crippen LogP) is 0.347. The molecule has 7 nitrogen and oxygen atoms in total. The first-order chi connectivity index (χ1) is 7.64. The van der Waals surface area contributed by atoms with Crippen molar-refractivity contribution < 1.29 is 23.1 Å². The highest BCUT2D eigenvalue weighted by Gasteiger charge is 2.26. The summed E-state index contributed by atoms with van der Waals surface area (Å²) in [5, 5.41) is 11.3. The highest BCUT2D eigenvalue weighted by molar-refractivity contribution is 8.06. The number of carbonyl (C=O) groups is 2. The normalized spacial score (nSPS) is 11.8. The minimum Gasteiger partial charge on any atom is -0.476 e. The summed E-state index contributed by atoms with van der Waals surface area (Å²) in [7, 11) is -3.92. The largest absolute Gasteiger partial charge is 0.476 e. The zero-order valence-electron chi connectivity index (χ0n) is 9.54. The molecule has 0 fully saturated rings. The fourth-order valence-electron chi connectivity index (χ4n) is 1.23. The molecule has 0 spiro atoms. The number of hydrogen-bond donors (Lipinski definition) is 1. The second-order valence-corrected chi connectivity index (χ2v) is 5.73. The van der Waals surface area contributed by atoms with E-state index in [2.05, 4.69) is 5.10 Å². The van der Waals surface area contributed by atoms with Crippen molar-refractivity contribution in [3.63, 3.8) is 0 Å². The van der Waals surface area contributed by atoms with Gasteiger partial charge in [-0.3, -0.25) is 9.48 Å². The van der Waals surface area contributed by atoms with Gasteiger partial charge in [0, 0.05) is 18.4 Å². The van der Waals surface area contributed by atoms with Crippen molar-refractivity contribution in [1.29, 1.82) is 0 Å². The lowest BCUT2D eigenvalue weighted by atomic mass is 10.3. The summed E-state index contributed by atoms with van der Waals surface area (Å²) in [6, 6.07) is 0.648. The molecule has 94 valence electrons. The van der Waals surface area contributed by atoms with Gasteiger partial charge in [0.25, 0.3) is 5.12 Å². The third-order valence-electron chi connectivity index (χ3n) is 1.99. The molecule has 0 radical (unpaired) electrons. The molecule has 0 amide bonds. The van der Waals surface area contributed by atoms with E-state index in [-0.39, 0.29) is 17.4 Å². The molecule has 1 aromatic rings. The smallest absolute Gasteiger partial charge is 0.356 e. The molecular weight excluding hydrogens is 248 g/mol. The molecule has 8 heteroatoms. The van der Waals surface area contributed by atoms with Gasteiger partial charge >= 0.3 is 5.97 Å². The highest BCUT2D eigenvalue weighted by atomic mass is 32.2. The fourth-order valence-corrected chi connectivity index (χ4v) is 1.77. The predicted molar refractivity (Wildman–Crippen MR) is 58.7 cm³/mol. The number of sulfone groups is 1. The van der Waals surface area contributed by atoms with E-state index in [1.54, 1.807) is 13.8 Å². The molecule has 0 saturated heterocycles. The Hall–Kier alpha value is -1.70. The molecule has 0 unspecified atom stereocenters. The quantitative estimate of drug-likeness (QED) is 0.840. The summed E-state index contributed by atoms with van der Waals surface area (Å²) in [6.07, 6.45) is 0.771. The molecule has 1 aromatic heterocycles. The van der Waals surface area contributed by atoms with E-state index in [1.807, 2.05) is 0 Å². The molecule has 0 aliphatic heterocycles. The van der Waals surface area contributed by atoms with Crippen molar-refractivity contribution in [2.45, 2.75) is 19.9 Å². The van der Waals surface area contributed by atoms with Crippen LogP contribution in [0, 0.1) is 0 Å². The van der Waals surface area contributed by atoms with Gasteiger partial charge in [-0.05, 0) is 13.8 Å². The Morgan fingerprint density at radius 2 is 1.94 bits per heavy atom. The first kappa shape index (κ1) is 13.4. The van der Waals surface area contributed by atoms with Gasteiger partial charge in [0.1, 0.15) is 5.69 Å². The Balaban J connectivity index is 3.42. The average Bonchev–Trinajstić information content (AvgIpc) is 2.59. The van der Waals surface area contributed by atoms with Crippen LogP contribution in [-0.4, -0.2) is 40.6 Å². The zero-order chi connectivity index (χ0) is 13.4. The van der Waals surface area contributed by atoms with Gasteiger partial charge in [0.2, 0.25) is 9.84 Å². The van der Waals surface area contributed by atoms with Crippen molar-refractivity contribution in [2.24, 2.45) is 0 Å². The van der Waals surface area contributed by atoms with Gasteiger partial charge in [-0.1, -0.05) is 0 Å². The first-order valence-corrected chi connectivity index (χ1v) is 6.61. The lowest BCUT2D eigenvalue weighted by Gasteiger charge is -2.08. The maximum absolute atomic E-state index is 11.6. The molecule has 0 saturated carbocycles. The second kappa shape index (κ2) is 4.28. The number of nitrogens with zero attached hydrogens (tertiary/aromatic N) is 2. The molecule has 1 rings (SSSR count). The minimum atomic E-state index is -3.92. The number of aromatic carboxylic acids is 1. The summed E-state index contributed by atoms with van der Waals surface area (Å²) in [5.41, 5.74) is -0.592. The molecule has 0 bridgehead atoms.